The topological polar surface area (TPSA) is 70.2 Å². The molecule has 1 atom stereocenters. The number of carbonyl (C=O) groups excluding carboxylic acids is 2. The molecule has 0 aliphatic rings. The van der Waals surface area contributed by atoms with Gasteiger partial charge in [-0.05, 0) is 43.7 Å². The first-order valence-corrected chi connectivity index (χ1v) is 8.11. The molecular formula is C18H20ClN3O2. The van der Waals surface area contributed by atoms with E-state index in [2.05, 4.69) is 16.0 Å². The van der Waals surface area contributed by atoms with E-state index in [9.17, 15) is 9.59 Å². The summed E-state index contributed by atoms with van der Waals surface area (Å²) < 4.78 is 0. The summed E-state index contributed by atoms with van der Waals surface area (Å²) in [5, 5.41) is 8.80. The second-order valence-electron chi connectivity index (χ2n) is 5.42. The maximum Gasteiger partial charge on any atom is 0.323 e. The van der Waals surface area contributed by atoms with E-state index in [1.807, 2.05) is 13.8 Å². The van der Waals surface area contributed by atoms with Crippen molar-refractivity contribution in [2.45, 2.75) is 26.3 Å². The Kier molecular flexibility index (Phi) is 6.21. The second-order valence-corrected chi connectivity index (χ2v) is 5.85. The van der Waals surface area contributed by atoms with Gasteiger partial charge in [-0.3, -0.25) is 4.79 Å². The Morgan fingerprint density at radius 2 is 1.83 bits per heavy atom. The molecule has 0 bridgehead atoms. The van der Waals surface area contributed by atoms with Gasteiger partial charge in [0.2, 0.25) is 0 Å². The van der Waals surface area contributed by atoms with Crippen molar-refractivity contribution in [3.05, 3.63) is 59.1 Å². The summed E-state index contributed by atoms with van der Waals surface area (Å²) >= 11 is 5.89. The third kappa shape index (κ3) is 4.99. The average molecular weight is 346 g/mol. The summed E-state index contributed by atoms with van der Waals surface area (Å²) in [7, 11) is 0. The number of hydrogen-bond acceptors (Lipinski definition) is 2. The Bertz CT molecular complexity index is 734. The first-order chi connectivity index (χ1) is 11.5. The fourth-order valence-electron chi connectivity index (χ4n) is 2.04. The van der Waals surface area contributed by atoms with E-state index < -0.39 is 6.03 Å². The van der Waals surface area contributed by atoms with Crippen molar-refractivity contribution in [1.29, 1.82) is 0 Å². The lowest BCUT2D eigenvalue weighted by atomic mass is 10.1. The van der Waals surface area contributed by atoms with Crippen molar-refractivity contribution in [2.24, 2.45) is 0 Å². The quantitative estimate of drug-likeness (QED) is 0.746. The Hall–Kier alpha value is -2.53. The van der Waals surface area contributed by atoms with Gasteiger partial charge in [0.15, 0.2) is 0 Å². The highest BCUT2D eigenvalue weighted by molar-refractivity contribution is 6.30. The predicted octanol–water partition coefficient (Wildman–Crippen LogP) is 4.51. The van der Waals surface area contributed by atoms with Crippen LogP contribution in [0.5, 0.6) is 0 Å². The van der Waals surface area contributed by atoms with Crippen LogP contribution >= 0.6 is 11.6 Å². The predicted molar refractivity (Wildman–Crippen MR) is 97.8 cm³/mol. The van der Waals surface area contributed by atoms with Crippen LogP contribution < -0.4 is 16.0 Å². The number of carbonyl (C=O) groups is 2. The van der Waals surface area contributed by atoms with E-state index in [-0.39, 0.29) is 11.9 Å². The SMILES string of the molecule is CC[C@H](C)NC(=O)c1ccccc1NC(=O)Nc1cccc(Cl)c1. The van der Waals surface area contributed by atoms with Crippen molar-refractivity contribution >= 4 is 34.9 Å². The number of para-hydroxylation sites is 1. The third-order valence-electron chi connectivity index (χ3n) is 3.49. The van der Waals surface area contributed by atoms with Crippen molar-refractivity contribution < 1.29 is 9.59 Å². The van der Waals surface area contributed by atoms with Crippen LogP contribution in [0.15, 0.2) is 48.5 Å². The van der Waals surface area contributed by atoms with Gasteiger partial charge in [-0.15, -0.1) is 0 Å². The molecule has 0 heterocycles. The van der Waals surface area contributed by atoms with Gasteiger partial charge in [0.25, 0.3) is 5.91 Å². The highest BCUT2D eigenvalue weighted by Gasteiger charge is 2.14. The second kappa shape index (κ2) is 8.36. The largest absolute Gasteiger partial charge is 0.350 e. The molecule has 0 aliphatic heterocycles. The molecular weight excluding hydrogens is 326 g/mol. The summed E-state index contributed by atoms with van der Waals surface area (Å²) in [6.07, 6.45) is 0.830. The molecule has 0 spiro atoms. The molecule has 2 aromatic rings. The highest BCUT2D eigenvalue weighted by Crippen LogP contribution is 2.18. The van der Waals surface area contributed by atoms with Crippen LogP contribution in [0.3, 0.4) is 0 Å². The van der Waals surface area contributed by atoms with E-state index in [1.54, 1.807) is 48.5 Å². The molecule has 2 aromatic carbocycles. The van der Waals surface area contributed by atoms with Crippen LogP contribution in [0.4, 0.5) is 16.2 Å². The number of anilines is 2. The number of urea groups is 1. The molecule has 0 radical (unpaired) electrons. The van der Waals surface area contributed by atoms with Crippen molar-refractivity contribution in [3.63, 3.8) is 0 Å². The van der Waals surface area contributed by atoms with Crippen molar-refractivity contribution in [3.8, 4) is 0 Å². The minimum absolute atomic E-state index is 0.0610. The van der Waals surface area contributed by atoms with Gasteiger partial charge in [0.05, 0.1) is 11.3 Å². The van der Waals surface area contributed by atoms with Gasteiger partial charge in [0, 0.05) is 16.8 Å². The Labute approximate surface area is 146 Å². The molecule has 5 nitrogen and oxygen atoms in total. The zero-order valence-electron chi connectivity index (χ0n) is 13.6. The lowest BCUT2D eigenvalue weighted by Crippen LogP contribution is -2.33. The van der Waals surface area contributed by atoms with Gasteiger partial charge in [-0.25, -0.2) is 4.79 Å². The molecule has 0 aliphatic carbocycles. The maximum absolute atomic E-state index is 12.3. The number of halogens is 1. The van der Waals surface area contributed by atoms with Crippen LogP contribution in [-0.4, -0.2) is 18.0 Å². The molecule has 6 heteroatoms. The van der Waals surface area contributed by atoms with Crippen molar-refractivity contribution in [2.75, 3.05) is 10.6 Å². The molecule has 2 rings (SSSR count). The van der Waals surface area contributed by atoms with E-state index in [4.69, 9.17) is 11.6 Å². The van der Waals surface area contributed by atoms with Gasteiger partial charge < -0.3 is 16.0 Å². The molecule has 3 amide bonds. The van der Waals surface area contributed by atoms with E-state index in [1.165, 1.54) is 0 Å². The number of nitrogens with one attached hydrogen (secondary N) is 3. The summed E-state index contributed by atoms with van der Waals surface area (Å²) in [4.78, 5) is 24.5. The van der Waals surface area contributed by atoms with E-state index >= 15 is 0 Å². The maximum atomic E-state index is 12.3. The van der Waals surface area contributed by atoms with Gasteiger partial charge in [0.1, 0.15) is 0 Å². The lowest BCUT2D eigenvalue weighted by Gasteiger charge is -2.15. The Balaban J connectivity index is 2.09. The lowest BCUT2D eigenvalue weighted by molar-refractivity contribution is 0.0940. The Morgan fingerprint density at radius 1 is 1.08 bits per heavy atom. The van der Waals surface area contributed by atoms with Crippen LogP contribution in [-0.2, 0) is 0 Å². The molecule has 3 N–H and O–H groups in total. The van der Waals surface area contributed by atoms with Crippen molar-refractivity contribution in [1.82, 2.24) is 5.32 Å². The number of rotatable bonds is 5. The average Bonchev–Trinajstić information content (AvgIpc) is 2.55. The fourth-order valence-corrected chi connectivity index (χ4v) is 2.23. The molecule has 0 fully saturated rings. The molecule has 0 unspecified atom stereocenters. The van der Waals surface area contributed by atoms with E-state index in [0.717, 1.165) is 6.42 Å². The minimum atomic E-state index is -0.443. The summed E-state index contributed by atoms with van der Waals surface area (Å²) in [5.74, 6) is -0.219. The monoisotopic (exact) mass is 345 g/mol. The first-order valence-electron chi connectivity index (χ1n) is 7.73. The molecule has 0 aromatic heterocycles. The fraction of sp³-hybridized carbons (Fsp3) is 0.222. The summed E-state index contributed by atoms with van der Waals surface area (Å²) in [6.45, 7) is 3.92. The Morgan fingerprint density at radius 3 is 2.54 bits per heavy atom. The summed E-state index contributed by atoms with van der Waals surface area (Å²) in [5.41, 5.74) is 1.43. The minimum Gasteiger partial charge on any atom is -0.350 e. The number of amides is 3. The van der Waals surface area contributed by atoms with Crippen LogP contribution in [0.1, 0.15) is 30.6 Å². The van der Waals surface area contributed by atoms with E-state index in [0.29, 0.717) is 22.0 Å². The summed E-state index contributed by atoms with van der Waals surface area (Å²) in [6, 6.07) is 13.3. The van der Waals surface area contributed by atoms with Crippen LogP contribution in [0.2, 0.25) is 5.02 Å². The third-order valence-corrected chi connectivity index (χ3v) is 3.73. The van der Waals surface area contributed by atoms with Gasteiger partial charge >= 0.3 is 6.03 Å². The van der Waals surface area contributed by atoms with Gasteiger partial charge in [-0.1, -0.05) is 36.7 Å². The van der Waals surface area contributed by atoms with Gasteiger partial charge in [-0.2, -0.15) is 0 Å². The molecule has 24 heavy (non-hydrogen) atoms. The molecule has 126 valence electrons. The first kappa shape index (κ1) is 17.8. The number of hydrogen-bond donors (Lipinski definition) is 3. The van der Waals surface area contributed by atoms with Crippen LogP contribution in [0.25, 0.3) is 0 Å². The molecule has 0 saturated heterocycles. The van der Waals surface area contributed by atoms with Crippen LogP contribution in [0, 0.1) is 0 Å². The smallest absolute Gasteiger partial charge is 0.323 e. The zero-order chi connectivity index (χ0) is 17.5. The number of benzene rings is 2. The normalized spacial score (nSPS) is 11.5. The highest BCUT2D eigenvalue weighted by atomic mass is 35.5. The molecule has 0 saturated carbocycles. The zero-order valence-corrected chi connectivity index (χ0v) is 14.4. The standard InChI is InChI=1S/C18H20ClN3O2/c1-3-12(2)20-17(23)15-9-4-5-10-16(15)22-18(24)21-14-8-6-7-13(19)11-14/h4-12H,3H2,1-2H3,(H,20,23)(H2,21,22,24)/t12-/m0/s1.